The third kappa shape index (κ3) is 6.71. The molecule has 0 saturated carbocycles. The molecule has 2 N–H and O–H groups in total. The van der Waals surface area contributed by atoms with Gasteiger partial charge in [0.25, 0.3) is 0 Å². The Morgan fingerprint density at radius 2 is 1.62 bits per heavy atom. The Hall–Kier alpha value is -3.08. The van der Waals surface area contributed by atoms with Crippen molar-refractivity contribution in [2.24, 2.45) is 0 Å². The van der Waals surface area contributed by atoms with Crippen LogP contribution in [0.4, 0.5) is 0 Å². The van der Waals surface area contributed by atoms with E-state index in [9.17, 15) is 5.11 Å². The Balaban J connectivity index is 1.34. The number of nitrogens with zero attached hydrogens (tertiary/aromatic N) is 1. The van der Waals surface area contributed by atoms with Crippen LogP contribution in [-0.4, -0.2) is 49.3 Å². The number of nitrogens with one attached hydrogen (secondary N) is 1. The normalized spacial score (nSPS) is 14.9. The van der Waals surface area contributed by atoms with Crippen LogP contribution in [0.5, 0.6) is 11.5 Å². The highest BCUT2D eigenvalue weighted by Gasteiger charge is 2.09. The van der Waals surface area contributed by atoms with Crippen molar-refractivity contribution in [3.05, 3.63) is 95.6 Å². The van der Waals surface area contributed by atoms with Gasteiger partial charge in [0.2, 0.25) is 0 Å². The van der Waals surface area contributed by atoms with Crippen LogP contribution in [0.25, 0.3) is 11.6 Å². The summed E-state index contributed by atoms with van der Waals surface area (Å²) in [6, 6.07) is 26.4. The molecule has 3 aromatic rings. The van der Waals surface area contributed by atoms with E-state index in [4.69, 9.17) is 4.74 Å². The maximum atomic E-state index is 9.57. The highest BCUT2D eigenvalue weighted by atomic mass is 16.5. The van der Waals surface area contributed by atoms with Crippen molar-refractivity contribution < 1.29 is 9.84 Å². The van der Waals surface area contributed by atoms with Gasteiger partial charge in [-0.05, 0) is 59.4 Å². The van der Waals surface area contributed by atoms with E-state index in [0.717, 1.165) is 63.5 Å². The molecule has 0 aliphatic carbocycles. The number of piperazine rings is 1. The zero-order valence-electron chi connectivity index (χ0n) is 18.5. The van der Waals surface area contributed by atoms with Crippen molar-refractivity contribution in [3.63, 3.8) is 0 Å². The summed E-state index contributed by atoms with van der Waals surface area (Å²) in [6.07, 6.45) is 4.11. The molecule has 1 aliphatic rings. The summed E-state index contributed by atoms with van der Waals surface area (Å²) in [6.45, 7) is 6.05. The van der Waals surface area contributed by atoms with Crippen LogP contribution < -0.4 is 10.1 Å². The third-order valence-electron chi connectivity index (χ3n) is 5.87. The number of ether oxygens (including phenoxy) is 1. The van der Waals surface area contributed by atoms with E-state index >= 15 is 0 Å². The van der Waals surface area contributed by atoms with Crippen molar-refractivity contribution in [1.82, 2.24) is 10.2 Å². The molecule has 0 radical (unpaired) electrons. The van der Waals surface area contributed by atoms with Crippen molar-refractivity contribution in [3.8, 4) is 11.5 Å². The average molecular weight is 429 g/mol. The first kappa shape index (κ1) is 22.1. The summed E-state index contributed by atoms with van der Waals surface area (Å²) in [5.41, 5.74) is 4.91. The molecule has 0 unspecified atom stereocenters. The molecule has 32 heavy (non-hydrogen) atoms. The van der Waals surface area contributed by atoms with E-state index in [1.807, 2.05) is 18.2 Å². The molecule has 0 aromatic heterocycles. The molecule has 1 aliphatic heterocycles. The first-order valence-corrected chi connectivity index (χ1v) is 11.5. The van der Waals surface area contributed by atoms with Crippen LogP contribution in [0.15, 0.2) is 78.9 Å². The van der Waals surface area contributed by atoms with E-state index in [-0.39, 0.29) is 0 Å². The van der Waals surface area contributed by atoms with Gasteiger partial charge in [0.05, 0.1) is 0 Å². The first-order chi connectivity index (χ1) is 15.8. The van der Waals surface area contributed by atoms with Crippen LogP contribution in [0.2, 0.25) is 0 Å². The van der Waals surface area contributed by atoms with Crippen LogP contribution in [0.3, 0.4) is 0 Å². The van der Waals surface area contributed by atoms with Gasteiger partial charge in [-0.25, -0.2) is 0 Å². The predicted octanol–water partition coefficient (Wildman–Crippen LogP) is 4.85. The topological polar surface area (TPSA) is 44.7 Å². The molecule has 0 bridgehead atoms. The zero-order chi connectivity index (χ0) is 22.0. The lowest BCUT2D eigenvalue weighted by Gasteiger charge is -2.26. The second-order valence-corrected chi connectivity index (χ2v) is 8.21. The molecule has 0 atom stereocenters. The monoisotopic (exact) mass is 428 g/mol. The van der Waals surface area contributed by atoms with Gasteiger partial charge in [0, 0.05) is 32.7 Å². The Morgan fingerprint density at radius 1 is 0.906 bits per heavy atom. The minimum atomic E-state index is 0.290. The summed E-state index contributed by atoms with van der Waals surface area (Å²) in [5, 5.41) is 12.9. The molecular formula is C28H32N2O2. The quantitative estimate of drug-likeness (QED) is 0.478. The Morgan fingerprint density at radius 3 is 2.34 bits per heavy atom. The molecular weight excluding hydrogens is 396 g/mol. The number of aromatic hydroxyl groups is 1. The van der Waals surface area contributed by atoms with E-state index in [1.165, 1.54) is 16.7 Å². The lowest BCUT2D eigenvalue weighted by atomic mass is 9.96. The molecule has 3 aromatic carbocycles. The average Bonchev–Trinajstić information content (AvgIpc) is 2.85. The molecule has 4 nitrogen and oxygen atoms in total. The maximum Gasteiger partial charge on any atom is 0.119 e. The van der Waals surface area contributed by atoms with E-state index in [1.54, 1.807) is 12.1 Å². The van der Waals surface area contributed by atoms with Crippen LogP contribution >= 0.6 is 0 Å². The molecule has 0 spiro atoms. The van der Waals surface area contributed by atoms with Crippen molar-refractivity contribution in [1.29, 1.82) is 0 Å². The summed E-state index contributed by atoms with van der Waals surface area (Å²) in [7, 11) is 0. The van der Waals surface area contributed by atoms with Crippen LogP contribution in [0.1, 0.15) is 23.1 Å². The predicted molar refractivity (Wildman–Crippen MR) is 132 cm³/mol. The van der Waals surface area contributed by atoms with Gasteiger partial charge in [0.15, 0.2) is 0 Å². The summed E-state index contributed by atoms with van der Waals surface area (Å²) >= 11 is 0. The number of phenols is 1. The molecule has 4 rings (SSSR count). The number of rotatable bonds is 9. The number of hydrogen-bond acceptors (Lipinski definition) is 4. The second-order valence-electron chi connectivity index (χ2n) is 8.21. The fourth-order valence-corrected chi connectivity index (χ4v) is 3.98. The van der Waals surface area contributed by atoms with Gasteiger partial charge >= 0.3 is 0 Å². The highest BCUT2D eigenvalue weighted by molar-refractivity contribution is 5.81. The van der Waals surface area contributed by atoms with Gasteiger partial charge in [-0.3, -0.25) is 4.90 Å². The second kappa shape index (κ2) is 11.5. The molecule has 166 valence electrons. The van der Waals surface area contributed by atoms with Crippen molar-refractivity contribution in [2.75, 3.05) is 39.3 Å². The fraction of sp³-hybridized carbons (Fsp3) is 0.286. The van der Waals surface area contributed by atoms with Gasteiger partial charge in [-0.2, -0.15) is 0 Å². The zero-order valence-corrected chi connectivity index (χ0v) is 18.5. The van der Waals surface area contributed by atoms with Gasteiger partial charge in [-0.15, -0.1) is 0 Å². The minimum Gasteiger partial charge on any atom is -0.508 e. The third-order valence-corrected chi connectivity index (χ3v) is 5.87. The molecule has 0 amide bonds. The summed E-state index contributed by atoms with van der Waals surface area (Å²) < 4.78 is 5.95. The summed E-state index contributed by atoms with van der Waals surface area (Å²) in [5.74, 6) is 1.23. The molecule has 1 heterocycles. The molecule has 1 saturated heterocycles. The first-order valence-electron chi connectivity index (χ1n) is 11.5. The molecule has 1 fully saturated rings. The van der Waals surface area contributed by atoms with E-state index in [2.05, 4.69) is 64.8 Å². The SMILES string of the molecule is Oc1ccc(C=C(CCc2ccc(OCCN3CCNCC3)cc2)c2ccccc2)cc1. The van der Waals surface area contributed by atoms with Gasteiger partial charge in [-0.1, -0.05) is 60.7 Å². The van der Waals surface area contributed by atoms with Crippen molar-refractivity contribution >= 4 is 11.6 Å². The molecule has 4 heteroatoms. The van der Waals surface area contributed by atoms with Crippen LogP contribution in [-0.2, 0) is 6.42 Å². The van der Waals surface area contributed by atoms with Gasteiger partial charge < -0.3 is 15.2 Å². The number of aryl methyl sites for hydroxylation is 1. The maximum absolute atomic E-state index is 9.57. The largest absolute Gasteiger partial charge is 0.508 e. The van der Waals surface area contributed by atoms with E-state index < -0.39 is 0 Å². The lowest BCUT2D eigenvalue weighted by molar-refractivity contribution is 0.191. The lowest BCUT2D eigenvalue weighted by Crippen LogP contribution is -2.44. The van der Waals surface area contributed by atoms with Crippen LogP contribution in [0, 0.1) is 0 Å². The number of hydrogen-bond donors (Lipinski definition) is 2. The van der Waals surface area contributed by atoms with Crippen molar-refractivity contribution in [2.45, 2.75) is 12.8 Å². The Bertz CT molecular complexity index is 976. The summed E-state index contributed by atoms with van der Waals surface area (Å²) in [4.78, 5) is 2.44. The smallest absolute Gasteiger partial charge is 0.119 e. The Labute approximate surface area is 191 Å². The standard InChI is InChI=1S/C28H32N2O2/c31-27-12-7-24(8-13-27)22-26(25-4-2-1-3-5-25)11-6-23-9-14-28(15-10-23)32-21-20-30-18-16-29-17-19-30/h1-5,7-10,12-15,22,29,31H,6,11,16-21H2. The number of benzene rings is 3. The minimum absolute atomic E-state index is 0.290. The van der Waals surface area contributed by atoms with E-state index in [0.29, 0.717) is 5.75 Å². The van der Waals surface area contributed by atoms with Gasteiger partial charge in [0.1, 0.15) is 18.1 Å². The fourth-order valence-electron chi connectivity index (χ4n) is 3.98. The number of phenolic OH excluding ortho intramolecular Hbond substituents is 1. The highest BCUT2D eigenvalue weighted by Crippen LogP contribution is 2.25. The Kier molecular flexibility index (Phi) is 7.96. The number of allylic oxidation sites excluding steroid dienone is 1.